The van der Waals surface area contributed by atoms with Crippen LogP contribution in [0.1, 0.15) is 33.0 Å². The van der Waals surface area contributed by atoms with Crippen LogP contribution in [-0.2, 0) is 0 Å². The summed E-state index contributed by atoms with van der Waals surface area (Å²) in [6.45, 7) is 3.29. The highest BCUT2D eigenvalue weighted by Crippen LogP contribution is 2.07. The molecule has 1 heterocycles. The van der Waals surface area contributed by atoms with Gasteiger partial charge in [0, 0.05) is 0 Å². The van der Waals surface area contributed by atoms with Crippen LogP contribution in [0.2, 0.25) is 0 Å². The van der Waals surface area contributed by atoms with Gasteiger partial charge in [-0.05, 0) is 37.6 Å². The Morgan fingerprint density at radius 3 is 2.52 bits per heavy atom. The van der Waals surface area contributed by atoms with E-state index in [1.807, 2.05) is 6.07 Å². The zero-order chi connectivity index (χ0) is 15.4. The van der Waals surface area contributed by atoms with Gasteiger partial charge in [0.25, 0.3) is 5.56 Å². The molecule has 5 heteroatoms. The second kappa shape index (κ2) is 5.97. The van der Waals surface area contributed by atoms with Crippen LogP contribution in [0.15, 0.2) is 35.1 Å². The molecule has 0 spiro atoms. The van der Waals surface area contributed by atoms with E-state index >= 15 is 0 Å². The van der Waals surface area contributed by atoms with Gasteiger partial charge in [-0.2, -0.15) is 5.26 Å². The maximum atomic E-state index is 12.1. The number of aromatic amines is 1. The predicted molar refractivity (Wildman–Crippen MR) is 78.9 cm³/mol. The second-order valence-electron chi connectivity index (χ2n) is 4.54. The second-order valence-corrected chi connectivity index (χ2v) is 4.54. The number of carbonyl (C=O) groups is 1. The number of allylic oxidation sites excluding steroid dienone is 1. The van der Waals surface area contributed by atoms with Gasteiger partial charge in [-0.15, -0.1) is 0 Å². The van der Waals surface area contributed by atoms with Crippen LogP contribution in [0.3, 0.4) is 0 Å². The minimum Gasteiger partial charge on any atom is -0.310 e. The zero-order valence-electron chi connectivity index (χ0n) is 11.7. The molecule has 1 N–H and O–H groups in total. The number of H-pyrrole nitrogens is 1. The van der Waals surface area contributed by atoms with Crippen LogP contribution in [0.4, 0.5) is 0 Å². The Kier molecular flexibility index (Phi) is 4.10. The summed E-state index contributed by atoms with van der Waals surface area (Å²) in [4.78, 5) is 30.5. The third-order valence-electron chi connectivity index (χ3n) is 2.93. The highest BCUT2D eigenvalue weighted by Gasteiger charge is 2.12. The Balaban J connectivity index is 2.27. The molecule has 0 aliphatic rings. The van der Waals surface area contributed by atoms with Gasteiger partial charge in [0.15, 0.2) is 5.78 Å². The number of ketones is 1. The molecule has 2 aromatic rings. The Bertz CT molecular complexity index is 809. The number of nitrogens with one attached hydrogen (secondary N) is 1. The molecule has 0 atom stereocenters. The Morgan fingerprint density at radius 2 is 1.95 bits per heavy atom. The molecule has 0 fully saturated rings. The van der Waals surface area contributed by atoms with Crippen LogP contribution in [-0.4, -0.2) is 15.8 Å². The maximum absolute atomic E-state index is 12.1. The molecule has 0 saturated heterocycles. The normalized spacial score (nSPS) is 10.5. The number of benzene rings is 1. The molecule has 21 heavy (non-hydrogen) atoms. The lowest BCUT2D eigenvalue weighted by atomic mass is 10.1. The van der Waals surface area contributed by atoms with Crippen molar-refractivity contribution in [1.29, 1.82) is 5.26 Å². The van der Waals surface area contributed by atoms with E-state index in [9.17, 15) is 9.59 Å². The molecule has 5 nitrogen and oxygen atoms in total. The molecule has 0 aliphatic heterocycles. The van der Waals surface area contributed by atoms with Crippen molar-refractivity contribution in [2.24, 2.45) is 0 Å². The molecule has 2 rings (SSSR count). The van der Waals surface area contributed by atoms with E-state index in [2.05, 4.69) is 9.97 Å². The van der Waals surface area contributed by atoms with Gasteiger partial charge >= 0.3 is 0 Å². The van der Waals surface area contributed by atoms with E-state index in [1.54, 1.807) is 44.2 Å². The van der Waals surface area contributed by atoms with Crippen molar-refractivity contribution in [2.45, 2.75) is 13.8 Å². The number of hydrogen-bond donors (Lipinski definition) is 1. The van der Waals surface area contributed by atoms with E-state index in [0.29, 0.717) is 17.1 Å². The van der Waals surface area contributed by atoms with Crippen molar-refractivity contribution in [1.82, 2.24) is 9.97 Å². The summed E-state index contributed by atoms with van der Waals surface area (Å²) < 4.78 is 0. The van der Waals surface area contributed by atoms with Gasteiger partial charge in [0.05, 0.1) is 17.3 Å². The van der Waals surface area contributed by atoms with Crippen molar-refractivity contribution in [3.8, 4) is 6.07 Å². The molecule has 104 valence electrons. The number of hydrogen-bond acceptors (Lipinski definition) is 4. The minimum absolute atomic E-state index is 0.0468. The van der Waals surface area contributed by atoms with Crippen LogP contribution in [0.25, 0.3) is 6.08 Å². The molecular formula is C16H13N3O2. The molecule has 0 saturated carbocycles. The summed E-state index contributed by atoms with van der Waals surface area (Å²) in [7, 11) is 0. The lowest BCUT2D eigenvalue weighted by Crippen LogP contribution is -2.21. The topological polar surface area (TPSA) is 86.6 Å². The first-order chi connectivity index (χ1) is 10.0. The third kappa shape index (κ3) is 3.31. The molecule has 0 bridgehead atoms. The average molecular weight is 279 g/mol. The highest BCUT2D eigenvalue weighted by atomic mass is 16.1. The summed E-state index contributed by atoms with van der Waals surface area (Å²) in [6.07, 6.45) is 2.93. The van der Waals surface area contributed by atoms with E-state index in [0.717, 1.165) is 5.56 Å². The number of nitrogens with zero attached hydrogens (tertiary/aromatic N) is 2. The number of aromatic nitrogens is 2. The van der Waals surface area contributed by atoms with Crippen LogP contribution >= 0.6 is 0 Å². The molecule has 1 aromatic carbocycles. The van der Waals surface area contributed by atoms with Gasteiger partial charge in [-0.25, -0.2) is 4.98 Å². The van der Waals surface area contributed by atoms with Crippen molar-refractivity contribution in [2.75, 3.05) is 0 Å². The minimum atomic E-state index is -0.436. The Hall–Kier alpha value is -3.00. The van der Waals surface area contributed by atoms with Gasteiger partial charge < -0.3 is 4.98 Å². The van der Waals surface area contributed by atoms with Gasteiger partial charge in [0.2, 0.25) is 0 Å². The molecule has 0 amide bonds. The zero-order valence-corrected chi connectivity index (χ0v) is 11.7. The molecule has 0 radical (unpaired) electrons. The largest absolute Gasteiger partial charge is 0.310 e. The first kappa shape index (κ1) is 14.4. The highest BCUT2D eigenvalue weighted by molar-refractivity contribution is 6.07. The van der Waals surface area contributed by atoms with E-state index in [-0.39, 0.29) is 5.56 Å². The first-order valence-corrected chi connectivity index (χ1v) is 6.31. The van der Waals surface area contributed by atoms with Crippen LogP contribution < -0.4 is 5.56 Å². The van der Waals surface area contributed by atoms with Gasteiger partial charge in [-0.1, -0.05) is 18.2 Å². The fraction of sp³-hybridized carbons (Fsp3) is 0.125. The standard InChI is InChI=1S/C16H13N3O2/c1-10-15(16(21)19-11(2)18-10)14(20)8-7-12-3-5-13(9-17)6-4-12/h3-8H,1-2H3,(H,18,19,21)/b8-7+. The third-order valence-corrected chi connectivity index (χ3v) is 2.93. The number of rotatable bonds is 3. The average Bonchev–Trinajstić information content (AvgIpc) is 2.44. The van der Waals surface area contributed by atoms with Crippen molar-refractivity contribution < 1.29 is 4.79 Å². The Morgan fingerprint density at radius 1 is 1.29 bits per heavy atom. The SMILES string of the molecule is Cc1nc(C)c(C(=O)/C=C/c2ccc(C#N)cc2)c(=O)[nH]1. The lowest BCUT2D eigenvalue weighted by Gasteiger charge is -2.01. The fourth-order valence-corrected chi connectivity index (χ4v) is 1.94. The van der Waals surface area contributed by atoms with Crippen LogP contribution in [0, 0.1) is 25.2 Å². The maximum Gasteiger partial charge on any atom is 0.262 e. The number of carbonyl (C=O) groups excluding carboxylic acids is 1. The number of nitriles is 1. The van der Waals surface area contributed by atoms with E-state index < -0.39 is 11.3 Å². The van der Waals surface area contributed by atoms with Crippen molar-refractivity contribution in [3.63, 3.8) is 0 Å². The van der Waals surface area contributed by atoms with E-state index in [1.165, 1.54) is 6.08 Å². The van der Waals surface area contributed by atoms with Crippen molar-refractivity contribution in [3.05, 3.63) is 68.9 Å². The van der Waals surface area contributed by atoms with Gasteiger partial charge in [0.1, 0.15) is 11.4 Å². The van der Waals surface area contributed by atoms with Crippen LogP contribution in [0.5, 0.6) is 0 Å². The first-order valence-electron chi connectivity index (χ1n) is 6.31. The summed E-state index contributed by atoms with van der Waals surface area (Å²) in [5, 5.41) is 8.71. The fourth-order valence-electron chi connectivity index (χ4n) is 1.94. The summed E-state index contributed by atoms with van der Waals surface area (Å²) in [5.41, 5.74) is 1.34. The molecular weight excluding hydrogens is 266 g/mol. The molecule has 0 unspecified atom stereocenters. The Labute approximate surface area is 121 Å². The summed E-state index contributed by atoms with van der Waals surface area (Å²) >= 11 is 0. The number of aryl methyl sites for hydroxylation is 2. The van der Waals surface area contributed by atoms with Gasteiger partial charge in [-0.3, -0.25) is 9.59 Å². The quantitative estimate of drug-likeness (QED) is 0.689. The lowest BCUT2D eigenvalue weighted by molar-refractivity contribution is 0.104. The van der Waals surface area contributed by atoms with E-state index in [4.69, 9.17) is 5.26 Å². The molecule has 0 aliphatic carbocycles. The monoisotopic (exact) mass is 279 g/mol. The predicted octanol–water partition coefficient (Wildman–Crippen LogP) is 2.15. The summed E-state index contributed by atoms with van der Waals surface area (Å²) in [6, 6.07) is 8.80. The van der Waals surface area contributed by atoms with Crippen molar-refractivity contribution >= 4 is 11.9 Å². The smallest absolute Gasteiger partial charge is 0.262 e. The molecule has 1 aromatic heterocycles. The summed E-state index contributed by atoms with van der Waals surface area (Å²) in [5.74, 6) is 0.0794.